The van der Waals surface area contributed by atoms with Crippen molar-refractivity contribution in [2.75, 3.05) is 5.33 Å². The number of nitrogens with one attached hydrogen (secondary N) is 1. The van der Waals surface area contributed by atoms with Crippen LogP contribution in [0, 0.1) is 17.8 Å². The molecule has 0 spiro atoms. The molecule has 0 saturated heterocycles. The topological polar surface area (TPSA) is 29.1 Å². The highest BCUT2D eigenvalue weighted by molar-refractivity contribution is 9.09. The van der Waals surface area contributed by atoms with Gasteiger partial charge in [0.1, 0.15) is 0 Å². The van der Waals surface area contributed by atoms with Crippen LogP contribution < -0.4 is 5.32 Å². The number of carbonyl (C=O) groups excluding carboxylic acids is 1. The lowest BCUT2D eigenvalue weighted by molar-refractivity contribution is -0.126. The van der Waals surface area contributed by atoms with Gasteiger partial charge in [-0.3, -0.25) is 4.79 Å². The Hall–Kier alpha value is -0.0500. The fourth-order valence-corrected chi connectivity index (χ4v) is 2.80. The molecule has 3 atom stereocenters. The summed E-state index contributed by atoms with van der Waals surface area (Å²) in [5.74, 6) is 1.41. The molecule has 0 heterocycles. The summed E-state index contributed by atoms with van der Waals surface area (Å²) >= 11 is 3.52. The van der Waals surface area contributed by atoms with Crippen LogP contribution in [0.5, 0.6) is 0 Å². The van der Waals surface area contributed by atoms with Crippen molar-refractivity contribution in [1.82, 2.24) is 5.32 Å². The van der Waals surface area contributed by atoms with E-state index in [-0.39, 0.29) is 11.8 Å². The van der Waals surface area contributed by atoms with Crippen LogP contribution in [0.3, 0.4) is 0 Å². The van der Waals surface area contributed by atoms with Crippen molar-refractivity contribution >= 4 is 21.8 Å². The summed E-state index contributed by atoms with van der Waals surface area (Å²) in [7, 11) is 0. The van der Waals surface area contributed by atoms with Crippen molar-refractivity contribution in [2.24, 2.45) is 17.8 Å². The highest BCUT2D eigenvalue weighted by atomic mass is 79.9. The second-order valence-electron chi connectivity index (χ2n) is 4.99. The minimum atomic E-state index is 0.126. The molecule has 1 N–H and O–H groups in total. The molecule has 1 fully saturated rings. The maximum atomic E-state index is 11.9. The molecule has 3 unspecified atom stereocenters. The minimum Gasteiger partial charge on any atom is -0.353 e. The Morgan fingerprint density at radius 2 is 2.07 bits per heavy atom. The zero-order valence-corrected chi connectivity index (χ0v) is 11.5. The second-order valence-corrected chi connectivity index (χ2v) is 5.64. The van der Waals surface area contributed by atoms with E-state index in [4.69, 9.17) is 0 Å². The lowest BCUT2D eigenvalue weighted by atomic mass is 9.96. The number of carbonyl (C=O) groups is 1. The van der Waals surface area contributed by atoms with E-state index in [0.717, 1.165) is 11.8 Å². The van der Waals surface area contributed by atoms with E-state index in [0.29, 0.717) is 17.9 Å². The third kappa shape index (κ3) is 3.47. The van der Waals surface area contributed by atoms with E-state index in [9.17, 15) is 4.79 Å². The van der Waals surface area contributed by atoms with Crippen LogP contribution in [-0.2, 0) is 4.79 Å². The van der Waals surface area contributed by atoms with Crippen LogP contribution in [0.15, 0.2) is 0 Å². The minimum absolute atomic E-state index is 0.126. The summed E-state index contributed by atoms with van der Waals surface area (Å²) in [6.45, 7) is 6.21. The first-order chi connectivity index (χ1) is 7.06. The molecule has 2 nitrogen and oxygen atoms in total. The summed E-state index contributed by atoms with van der Waals surface area (Å²) in [4.78, 5) is 11.9. The van der Waals surface area contributed by atoms with E-state index in [1.165, 1.54) is 12.8 Å². The van der Waals surface area contributed by atoms with Crippen molar-refractivity contribution in [1.29, 1.82) is 0 Å². The first-order valence-corrected chi connectivity index (χ1v) is 7.04. The van der Waals surface area contributed by atoms with Crippen LogP contribution in [0.25, 0.3) is 0 Å². The fraction of sp³-hybridized carbons (Fsp3) is 0.917. The Morgan fingerprint density at radius 1 is 1.40 bits per heavy atom. The van der Waals surface area contributed by atoms with Crippen LogP contribution in [0.4, 0.5) is 0 Å². The lowest BCUT2D eigenvalue weighted by Crippen LogP contribution is -2.41. The predicted molar refractivity (Wildman–Crippen MR) is 67.1 cm³/mol. The molecule has 15 heavy (non-hydrogen) atoms. The molecule has 0 aromatic carbocycles. The molecule has 1 aliphatic carbocycles. The maximum Gasteiger partial charge on any atom is 0.223 e. The van der Waals surface area contributed by atoms with Crippen LogP contribution in [0.2, 0.25) is 0 Å². The van der Waals surface area contributed by atoms with E-state index < -0.39 is 0 Å². The van der Waals surface area contributed by atoms with Crippen molar-refractivity contribution in [3.8, 4) is 0 Å². The summed E-state index contributed by atoms with van der Waals surface area (Å²) in [5, 5.41) is 4.20. The number of hydrogen-bond acceptors (Lipinski definition) is 1. The normalized spacial score (nSPS) is 28.1. The van der Waals surface area contributed by atoms with Crippen molar-refractivity contribution < 1.29 is 4.79 Å². The summed E-state index contributed by atoms with van der Waals surface area (Å²) in [6, 6.07) is 0.401. The Bertz CT molecular complexity index is 218. The van der Waals surface area contributed by atoms with Gasteiger partial charge in [-0.15, -0.1) is 0 Å². The molecular formula is C12H22BrNO. The van der Waals surface area contributed by atoms with Gasteiger partial charge in [0, 0.05) is 17.3 Å². The molecule has 0 bridgehead atoms. The molecule has 0 radical (unpaired) electrons. The number of amides is 1. The monoisotopic (exact) mass is 275 g/mol. The zero-order valence-electron chi connectivity index (χ0n) is 9.92. The van der Waals surface area contributed by atoms with Crippen molar-refractivity contribution in [2.45, 2.75) is 46.1 Å². The van der Waals surface area contributed by atoms with Gasteiger partial charge < -0.3 is 5.32 Å². The summed E-state index contributed by atoms with van der Waals surface area (Å²) in [5.41, 5.74) is 0. The van der Waals surface area contributed by atoms with E-state index in [1.54, 1.807) is 0 Å². The Labute approximate surface area is 101 Å². The molecule has 1 saturated carbocycles. The first kappa shape index (κ1) is 13.0. The molecule has 0 aliphatic heterocycles. The standard InChI is InChI=1S/C12H22BrNO/c1-8(2)9(3)12(15)14-11-6-4-5-10(11)7-13/h8-11H,4-7H2,1-3H3,(H,14,15). The van der Waals surface area contributed by atoms with E-state index in [2.05, 4.69) is 35.1 Å². The SMILES string of the molecule is CC(C)C(C)C(=O)NC1CCCC1CBr. The number of halogens is 1. The third-order valence-electron chi connectivity index (χ3n) is 3.60. The van der Waals surface area contributed by atoms with Gasteiger partial charge in [0.05, 0.1) is 0 Å². The quantitative estimate of drug-likeness (QED) is 0.786. The molecule has 3 heteroatoms. The van der Waals surface area contributed by atoms with Gasteiger partial charge in [-0.25, -0.2) is 0 Å². The molecule has 1 rings (SSSR count). The summed E-state index contributed by atoms with van der Waals surface area (Å²) in [6.07, 6.45) is 3.64. The predicted octanol–water partition coefficient (Wildman–Crippen LogP) is 2.96. The van der Waals surface area contributed by atoms with Gasteiger partial charge >= 0.3 is 0 Å². The van der Waals surface area contributed by atoms with Gasteiger partial charge in [0.2, 0.25) is 5.91 Å². The highest BCUT2D eigenvalue weighted by Gasteiger charge is 2.29. The number of rotatable bonds is 4. The molecule has 88 valence electrons. The van der Waals surface area contributed by atoms with Crippen molar-refractivity contribution in [3.63, 3.8) is 0 Å². The molecule has 0 aromatic heterocycles. The van der Waals surface area contributed by atoms with Crippen molar-refractivity contribution in [3.05, 3.63) is 0 Å². The maximum absolute atomic E-state index is 11.9. The Balaban J connectivity index is 2.43. The number of alkyl halides is 1. The van der Waals surface area contributed by atoms with E-state index >= 15 is 0 Å². The smallest absolute Gasteiger partial charge is 0.223 e. The Kier molecular flexibility index (Phi) is 5.10. The first-order valence-electron chi connectivity index (χ1n) is 5.92. The van der Waals surface area contributed by atoms with Gasteiger partial charge in [-0.1, -0.05) is 43.1 Å². The fourth-order valence-electron chi connectivity index (χ4n) is 2.03. The van der Waals surface area contributed by atoms with Gasteiger partial charge in [-0.05, 0) is 24.7 Å². The molecule has 1 amide bonds. The average Bonchev–Trinajstić information content (AvgIpc) is 2.63. The Morgan fingerprint density at radius 3 is 2.60 bits per heavy atom. The molecule has 1 aliphatic rings. The van der Waals surface area contributed by atoms with Gasteiger partial charge in [-0.2, -0.15) is 0 Å². The largest absolute Gasteiger partial charge is 0.353 e. The van der Waals surface area contributed by atoms with Gasteiger partial charge in [0.25, 0.3) is 0 Å². The van der Waals surface area contributed by atoms with E-state index in [1.807, 2.05) is 6.92 Å². The summed E-state index contributed by atoms with van der Waals surface area (Å²) < 4.78 is 0. The van der Waals surface area contributed by atoms with Crippen LogP contribution in [-0.4, -0.2) is 17.3 Å². The molecule has 0 aromatic rings. The van der Waals surface area contributed by atoms with Crippen LogP contribution >= 0.6 is 15.9 Å². The second kappa shape index (κ2) is 5.88. The third-order valence-corrected chi connectivity index (χ3v) is 4.43. The number of hydrogen-bond donors (Lipinski definition) is 1. The van der Waals surface area contributed by atoms with Crippen LogP contribution in [0.1, 0.15) is 40.0 Å². The average molecular weight is 276 g/mol. The van der Waals surface area contributed by atoms with Gasteiger partial charge in [0.15, 0.2) is 0 Å². The zero-order chi connectivity index (χ0) is 11.4. The lowest BCUT2D eigenvalue weighted by Gasteiger charge is -2.22. The highest BCUT2D eigenvalue weighted by Crippen LogP contribution is 2.27. The molecular weight excluding hydrogens is 254 g/mol.